The second-order valence-electron chi connectivity index (χ2n) is 5.07. The van der Waals surface area contributed by atoms with Crippen LogP contribution in [0.5, 0.6) is 0 Å². The molecule has 0 fully saturated rings. The van der Waals surface area contributed by atoms with Crippen LogP contribution in [0.25, 0.3) is 0 Å². The van der Waals surface area contributed by atoms with E-state index in [4.69, 9.17) is 0 Å². The maximum absolute atomic E-state index is 2.26. The molecule has 21 heavy (non-hydrogen) atoms. The summed E-state index contributed by atoms with van der Waals surface area (Å²) in [6, 6.07) is 32.5. The Balaban J connectivity index is 1.84. The minimum absolute atomic E-state index is 0.210. The summed E-state index contributed by atoms with van der Waals surface area (Å²) >= 11 is 0. The molecule has 1 heteroatoms. The van der Waals surface area contributed by atoms with Crippen LogP contribution < -0.4 is 0 Å². The Morgan fingerprint density at radius 1 is 0.476 bits per heavy atom. The van der Waals surface area contributed by atoms with E-state index in [2.05, 4.69) is 91.0 Å². The van der Waals surface area contributed by atoms with E-state index in [1.54, 1.807) is 0 Å². The summed E-state index contributed by atoms with van der Waals surface area (Å²) in [5.41, 5.74) is 2.83. The molecule has 3 aromatic rings. The van der Waals surface area contributed by atoms with Crippen LogP contribution in [0.15, 0.2) is 95.9 Å². The monoisotopic (exact) mass is 291 g/mol. The van der Waals surface area contributed by atoms with Gasteiger partial charge < -0.3 is 0 Å². The summed E-state index contributed by atoms with van der Waals surface area (Å²) in [4.78, 5) is 1.45. The van der Waals surface area contributed by atoms with Crippen molar-refractivity contribution >= 4 is 10.9 Å². The van der Waals surface area contributed by atoms with E-state index in [1.807, 2.05) is 0 Å². The van der Waals surface area contributed by atoms with Gasteiger partial charge in [-0.05, 0) is 12.1 Å². The predicted molar refractivity (Wildman–Crippen MR) is 92.4 cm³/mol. The van der Waals surface area contributed by atoms with Crippen LogP contribution in [0.3, 0.4) is 0 Å². The molecule has 0 aliphatic rings. The second-order valence-corrected chi connectivity index (χ2v) is 7.10. The summed E-state index contributed by atoms with van der Waals surface area (Å²) < 4.78 is 0. The maximum Gasteiger partial charge on any atom is 0.155 e. The standard InChI is InChI=1S/C20H19S/c1-4-10-18(11-5-1)16-21(20-14-8-3-9-15-20)17-19-12-6-2-7-13-19/h1-15H,16-17H2/q+1. The molecule has 0 saturated heterocycles. The highest BCUT2D eigenvalue weighted by Crippen LogP contribution is 2.23. The highest BCUT2D eigenvalue weighted by atomic mass is 32.2. The molecule has 0 atom stereocenters. The number of hydrogen-bond donors (Lipinski definition) is 0. The number of rotatable bonds is 5. The van der Waals surface area contributed by atoms with Crippen molar-refractivity contribution in [2.24, 2.45) is 0 Å². The summed E-state index contributed by atoms with van der Waals surface area (Å²) in [7, 11) is 0.210. The zero-order valence-electron chi connectivity index (χ0n) is 12.0. The van der Waals surface area contributed by atoms with Crippen molar-refractivity contribution in [2.45, 2.75) is 16.4 Å². The Morgan fingerprint density at radius 3 is 1.29 bits per heavy atom. The van der Waals surface area contributed by atoms with Crippen LogP contribution in [0.4, 0.5) is 0 Å². The minimum Gasteiger partial charge on any atom is -0.0622 e. The van der Waals surface area contributed by atoms with Crippen LogP contribution in [0, 0.1) is 0 Å². The highest BCUT2D eigenvalue weighted by Gasteiger charge is 2.22. The molecule has 0 radical (unpaired) electrons. The summed E-state index contributed by atoms with van der Waals surface area (Å²) in [6.07, 6.45) is 0. The van der Waals surface area contributed by atoms with E-state index >= 15 is 0 Å². The normalized spacial score (nSPS) is 10.7. The first-order valence-corrected chi connectivity index (χ1v) is 8.78. The second kappa shape index (κ2) is 7.14. The van der Waals surface area contributed by atoms with Crippen LogP contribution in [-0.2, 0) is 22.4 Å². The fourth-order valence-electron chi connectivity index (χ4n) is 2.38. The fraction of sp³-hybridized carbons (Fsp3) is 0.100. The lowest BCUT2D eigenvalue weighted by atomic mass is 10.2. The lowest BCUT2D eigenvalue weighted by Gasteiger charge is -2.09. The van der Waals surface area contributed by atoms with Crippen molar-refractivity contribution in [3.63, 3.8) is 0 Å². The highest BCUT2D eigenvalue weighted by molar-refractivity contribution is 7.95. The first kappa shape index (κ1) is 14.0. The maximum atomic E-state index is 2.26. The van der Waals surface area contributed by atoms with Crippen LogP contribution in [-0.4, -0.2) is 0 Å². The SMILES string of the molecule is c1ccc(C[S+](Cc2ccccc2)c2ccccc2)cc1. The van der Waals surface area contributed by atoms with E-state index in [0.29, 0.717) is 0 Å². The van der Waals surface area contributed by atoms with Gasteiger partial charge in [0.15, 0.2) is 4.90 Å². The van der Waals surface area contributed by atoms with Gasteiger partial charge in [-0.2, -0.15) is 0 Å². The molecule has 3 rings (SSSR count). The van der Waals surface area contributed by atoms with Crippen molar-refractivity contribution in [1.29, 1.82) is 0 Å². The predicted octanol–water partition coefficient (Wildman–Crippen LogP) is 5.06. The Hall–Kier alpha value is -1.99. The molecule has 0 N–H and O–H groups in total. The first-order valence-electron chi connectivity index (χ1n) is 7.22. The van der Waals surface area contributed by atoms with Crippen molar-refractivity contribution in [2.75, 3.05) is 0 Å². The third-order valence-corrected chi connectivity index (χ3v) is 5.75. The Morgan fingerprint density at radius 2 is 0.857 bits per heavy atom. The summed E-state index contributed by atoms with van der Waals surface area (Å²) in [5, 5.41) is 0. The van der Waals surface area contributed by atoms with Gasteiger partial charge in [0.1, 0.15) is 11.5 Å². The van der Waals surface area contributed by atoms with Crippen molar-refractivity contribution in [3.8, 4) is 0 Å². The molecule has 104 valence electrons. The molecular weight excluding hydrogens is 272 g/mol. The molecule has 0 bridgehead atoms. The summed E-state index contributed by atoms with van der Waals surface area (Å²) in [5.74, 6) is 2.22. The molecule has 0 aliphatic heterocycles. The van der Waals surface area contributed by atoms with E-state index in [-0.39, 0.29) is 10.9 Å². The van der Waals surface area contributed by atoms with Crippen LogP contribution >= 0.6 is 0 Å². The molecule has 0 aliphatic carbocycles. The molecule has 0 saturated carbocycles. The molecular formula is C20H19S+. The van der Waals surface area contributed by atoms with Gasteiger partial charge in [-0.15, -0.1) is 0 Å². The van der Waals surface area contributed by atoms with Gasteiger partial charge >= 0.3 is 0 Å². The van der Waals surface area contributed by atoms with Crippen molar-refractivity contribution in [3.05, 3.63) is 102 Å². The van der Waals surface area contributed by atoms with E-state index in [1.165, 1.54) is 16.0 Å². The van der Waals surface area contributed by atoms with E-state index in [0.717, 1.165) is 11.5 Å². The molecule has 0 nitrogen and oxygen atoms in total. The van der Waals surface area contributed by atoms with Gasteiger partial charge in [-0.3, -0.25) is 0 Å². The Kier molecular flexibility index (Phi) is 4.75. The minimum atomic E-state index is 0.210. The molecule has 0 spiro atoms. The number of hydrogen-bond acceptors (Lipinski definition) is 0. The van der Waals surface area contributed by atoms with Gasteiger partial charge in [0, 0.05) is 22.0 Å². The third kappa shape index (κ3) is 3.99. The van der Waals surface area contributed by atoms with Gasteiger partial charge in [-0.1, -0.05) is 78.9 Å². The van der Waals surface area contributed by atoms with Gasteiger partial charge in [0.05, 0.1) is 0 Å². The average Bonchev–Trinajstić information content (AvgIpc) is 2.57. The lowest BCUT2D eigenvalue weighted by Crippen LogP contribution is -2.09. The molecule has 0 amide bonds. The van der Waals surface area contributed by atoms with E-state index in [9.17, 15) is 0 Å². The molecule has 3 aromatic carbocycles. The van der Waals surface area contributed by atoms with Gasteiger partial charge in [0.25, 0.3) is 0 Å². The quantitative estimate of drug-likeness (QED) is 0.576. The Labute approximate surface area is 129 Å². The molecule has 0 unspecified atom stereocenters. The zero-order valence-corrected chi connectivity index (χ0v) is 12.8. The average molecular weight is 291 g/mol. The molecule has 0 heterocycles. The molecule has 0 aromatic heterocycles. The number of benzene rings is 3. The first-order chi connectivity index (χ1) is 10.4. The summed E-state index contributed by atoms with van der Waals surface area (Å²) in [6.45, 7) is 0. The van der Waals surface area contributed by atoms with Gasteiger partial charge in [-0.25, -0.2) is 0 Å². The van der Waals surface area contributed by atoms with Crippen molar-refractivity contribution < 1.29 is 0 Å². The topological polar surface area (TPSA) is 0 Å². The Bertz CT molecular complexity index is 606. The lowest BCUT2D eigenvalue weighted by molar-refractivity contribution is 1.29. The van der Waals surface area contributed by atoms with Crippen LogP contribution in [0.1, 0.15) is 11.1 Å². The smallest absolute Gasteiger partial charge is 0.0622 e. The van der Waals surface area contributed by atoms with Gasteiger partial charge in [0.2, 0.25) is 0 Å². The fourth-order valence-corrected chi connectivity index (χ4v) is 4.55. The van der Waals surface area contributed by atoms with Crippen LogP contribution in [0.2, 0.25) is 0 Å². The van der Waals surface area contributed by atoms with E-state index < -0.39 is 0 Å². The largest absolute Gasteiger partial charge is 0.155 e. The van der Waals surface area contributed by atoms with Crippen molar-refractivity contribution in [1.82, 2.24) is 0 Å². The zero-order chi connectivity index (χ0) is 14.3. The third-order valence-electron chi connectivity index (χ3n) is 3.44.